The van der Waals surface area contributed by atoms with Gasteiger partial charge in [-0.15, -0.1) is 0 Å². The van der Waals surface area contributed by atoms with Crippen LogP contribution in [0.25, 0.3) is 0 Å². The molecule has 0 bridgehead atoms. The maximum atomic E-state index is 11.2. The molecule has 0 fully saturated rings. The molecule has 5 heteroatoms. The third-order valence-corrected chi connectivity index (χ3v) is 2.86. The molecule has 1 amide bonds. The Balaban J connectivity index is 2.86. The number of rotatable bonds is 7. The minimum Gasteiger partial charge on any atom is -0.366 e. The third-order valence-electron chi connectivity index (χ3n) is 2.86. The molecule has 0 aliphatic carbocycles. The summed E-state index contributed by atoms with van der Waals surface area (Å²) < 4.78 is 0. The summed E-state index contributed by atoms with van der Waals surface area (Å²) in [6.07, 6.45) is 4.87. The minimum atomic E-state index is -0.532. The van der Waals surface area contributed by atoms with Gasteiger partial charge in [0.2, 0.25) is 5.91 Å². The Hall–Kier alpha value is -1.91. The van der Waals surface area contributed by atoms with Crippen molar-refractivity contribution < 1.29 is 9.72 Å². The van der Waals surface area contributed by atoms with E-state index in [-0.39, 0.29) is 5.69 Å². The first-order valence-electron chi connectivity index (χ1n) is 6.13. The van der Waals surface area contributed by atoms with Gasteiger partial charge < -0.3 is 5.73 Å². The lowest BCUT2D eigenvalue weighted by molar-refractivity contribution is -0.384. The number of nitrogens with two attached hydrogens (primary N) is 1. The van der Waals surface area contributed by atoms with Gasteiger partial charge in [0.25, 0.3) is 5.69 Å². The first-order valence-corrected chi connectivity index (χ1v) is 6.13. The summed E-state index contributed by atoms with van der Waals surface area (Å²) in [6, 6.07) is 4.21. The Morgan fingerprint density at radius 1 is 1.33 bits per heavy atom. The molecule has 0 heterocycles. The normalized spacial score (nSPS) is 10.3. The van der Waals surface area contributed by atoms with E-state index >= 15 is 0 Å². The molecule has 1 aromatic carbocycles. The number of benzene rings is 1. The number of primary amides is 1. The van der Waals surface area contributed by atoms with Gasteiger partial charge in [-0.25, -0.2) is 0 Å². The molecule has 0 radical (unpaired) electrons. The monoisotopic (exact) mass is 250 g/mol. The second-order valence-corrected chi connectivity index (χ2v) is 4.27. The summed E-state index contributed by atoms with van der Waals surface area (Å²) in [6.45, 7) is 2.11. The largest absolute Gasteiger partial charge is 0.366 e. The van der Waals surface area contributed by atoms with E-state index in [2.05, 4.69) is 6.92 Å². The predicted octanol–water partition coefficient (Wildman–Crippen LogP) is 2.82. The van der Waals surface area contributed by atoms with Crippen LogP contribution in [-0.2, 0) is 6.42 Å². The molecule has 5 nitrogen and oxygen atoms in total. The van der Waals surface area contributed by atoms with Crippen molar-refractivity contribution in [3.05, 3.63) is 39.4 Å². The number of unbranched alkanes of at least 4 members (excludes halogenated alkanes) is 3. The number of hydrogen-bond donors (Lipinski definition) is 1. The Morgan fingerprint density at radius 2 is 2.06 bits per heavy atom. The maximum Gasteiger partial charge on any atom is 0.269 e. The first kappa shape index (κ1) is 14.2. The molecule has 18 heavy (non-hydrogen) atoms. The highest BCUT2D eigenvalue weighted by atomic mass is 16.6. The van der Waals surface area contributed by atoms with Gasteiger partial charge >= 0.3 is 0 Å². The lowest BCUT2D eigenvalue weighted by atomic mass is 10.00. The molecule has 0 aromatic heterocycles. The van der Waals surface area contributed by atoms with Crippen molar-refractivity contribution in [2.75, 3.05) is 0 Å². The van der Waals surface area contributed by atoms with Crippen LogP contribution < -0.4 is 5.73 Å². The topological polar surface area (TPSA) is 86.2 Å². The van der Waals surface area contributed by atoms with Crippen molar-refractivity contribution in [3.63, 3.8) is 0 Å². The summed E-state index contributed by atoms with van der Waals surface area (Å²) in [5.74, 6) is -0.532. The summed E-state index contributed by atoms with van der Waals surface area (Å²) >= 11 is 0. The van der Waals surface area contributed by atoms with Gasteiger partial charge in [0, 0.05) is 17.7 Å². The van der Waals surface area contributed by atoms with Gasteiger partial charge in [-0.2, -0.15) is 0 Å². The van der Waals surface area contributed by atoms with Crippen LogP contribution in [0.2, 0.25) is 0 Å². The SMILES string of the molecule is CCCCCCc1cc([N+](=O)[O-])ccc1C(N)=O. The Kier molecular flexibility index (Phi) is 5.30. The van der Waals surface area contributed by atoms with E-state index in [1.165, 1.54) is 18.2 Å². The first-order chi connectivity index (χ1) is 8.56. The van der Waals surface area contributed by atoms with E-state index in [9.17, 15) is 14.9 Å². The van der Waals surface area contributed by atoms with Gasteiger partial charge in [0.15, 0.2) is 0 Å². The molecule has 0 spiro atoms. The summed E-state index contributed by atoms with van der Waals surface area (Å²) in [5, 5.41) is 10.7. The number of nitrogens with zero attached hydrogens (tertiary/aromatic N) is 1. The molecule has 0 aliphatic heterocycles. The van der Waals surface area contributed by atoms with Crippen LogP contribution in [0.4, 0.5) is 5.69 Å². The average Bonchev–Trinajstić information content (AvgIpc) is 2.34. The molecule has 2 N–H and O–H groups in total. The van der Waals surface area contributed by atoms with Crippen LogP contribution in [0.15, 0.2) is 18.2 Å². The average molecular weight is 250 g/mol. The summed E-state index contributed by atoms with van der Waals surface area (Å²) in [7, 11) is 0. The van der Waals surface area contributed by atoms with E-state index in [4.69, 9.17) is 5.73 Å². The van der Waals surface area contributed by atoms with E-state index in [1.807, 2.05) is 0 Å². The zero-order valence-electron chi connectivity index (χ0n) is 10.5. The van der Waals surface area contributed by atoms with E-state index < -0.39 is 10.8 Å². The fourth-order valence-electron chi connectivity index (χ4n) is 1.88. The number of carbonyl (C=O) groups excluding carboxylic acids is 1. The molecule has 98 valence electrons. The molecular weight excluding hydrogens is 232 g/mol. The van der Waals surface area contributed by atoms with Crippen LogP contribution in [0, 0.1) is 10.1 Å². The molecule has 0 saturated carbocycles. The molecule has 0 aliphatic rings. The van der Waals surface area contributed by atoms with E-state index in [0.717, 1.165) is 25.7 Å². The maximum absolute atomic E-state index is 11.2. The molecule has 0 atom stereocenters. The van der Waals surface area contributed by atoms with Crippen molar-refractivity contribution in [3.8, 4) is 0 Å². The summed E-state index contributed by atoms with van der Waals surface area (Å²) in [4.78, 5) is 21.5. The Bertz CT molecular complexity index is 444. The second kappa shape index (κ2) is 6.74. The van der Waals surface area contributed by atoms with Crippen molar-refractivity contribution >= 4 is 11.6 Å². The highest BCUT2D eigenvalue weighted by molar-refractivity contribution is 5.94. The van der Waals surface area contributed by atoms with Gasteiger partial charge in [-0.1, -0.05) is 26.2 Å². The van der Waals surface area contributed by atoms with Crippen LogP contribution in [0.5, 0.6) is 0 Å². The van der Waals surface area contributed by atoms with Crippen molar-refractivity contribution in [1.82, 2.24) is 0 Å². The fourth-order valence-corrected chi connectivity index (χ4v) is 1.88. The molecule has 0 unspecified atom stereocenters. The van der Waals surface area contributed by atoms with E-state index in [0.29, 0.717) is 17.5 Å². The van der Waals surface area contributed by atoms with Gasteiger partial charge in [0.1, 0.15) is 0 Å². The lowest BCUT2D eigenvalue weighted by Gasteiger charge is -2.06. The molecule has 0 saturated heterocycles. The van der Waals surface area contributed by atoms with Crippen LogP contribution in [-0.4, -0.2) is 10.8 Å². The molecule has 1 rings (SSSR count). The number of non-ortho nitro benzene ring substituents is 1. The smallest absolute Gasteiger partial charge is 0.269 e. The van der Waals surface area contributed by atoms with Crippen LogP contribution in [0.3, 0.4) is 0 Å². The number of amides is 1. The highest BCUT2D eigenvalue weighted by Gasteiger charge is 2.13. The zero-order valence-corrected chi connectivity index (χ0v) is 10.5. The van der Waals surface area contributed by atoms with Crippen LogP contribution in [0.1, 0.15) is 48.5 Å². The second-order valence-electron chi connectivity index (χ2n) is 4.27. The number of nitro benzene ring substituents is 1. The van der Waals surface area contributed by atoms with Gasteiger partial charge in [-0.05, 0) is 24.5 Å². The Labute approximate surface area is 106 Å². The van der Waals surface area contributed by atoms with E-state index in [1.54, 1.807) is 0 Å². The third kappa shape index (κ3) is 3.84. The van der Waals surface area contributed by atoms with Crippen LogP contribution >= 0.6 is 0 Å². The minimum absolute atomic E-state index is 0.00508. The quantitative estimate of drug-likeness (QED) is 0.458. The molecule has 1 aromatic rings. The highest BCUT2D eigenvalue weighted by Crippen LogP contribution is 2.20. The summed E-state index contributed by atoms with van der Waals surface area (Å²) in [5.41, 5.74) is 6.33. The number of nitro groups is 1. The zero-order chi connectivity index (χ0) is 13.5. The van der Waals surface area contributed by atoms with Gasteiger partial charge in [0.05, 0.1) is 4.92 Å². The Morgan fingerprint density at radius 3 is 2.61 bits per heavy atom. The number of aryl methyl sites for hydroxylation is 1. The van der Waals surface area contributed by atoms with Crippen molar-refractivity contribution in [2.24, 2.45) is 5.73 Å². The van der Waals surface area contributed by atoms with Crippen molar-refractivity contribution in [1.29, 1.82) is 0 Å². The fraction of sp³-hybridized carbons (Fsp3) is 0.462. The van der Waals surface area contributed by atoms with Crippen molar-refractivity contribution in [2.45, 2.75) is 39.0 Å². The standard InChI is InChI=1S/C13H18N2O3/c1-2-3-4-5-6-10-9-11(15(17)18)7-8-12(10)13(14)16/h7-9H,2-6H2,1H3,(H2,14,16). The van der Waals surface area contributed by atoms with Gasteiger partial charge in [-0.3, -0.25) is 14.9 Å². The number of hydrogen-bond acceptors (Lipinski definition) is 3. The lowest BCUT2D eigenvalue weighted by Crippen LogP contribution is -2.14. The number of carbonyl (C=O) groups is 1. The molecular formula is C13H18N2O3. The predicted molar refractivity (Wildman–Crippen MR) is 69.5 cm³/mol.